The van der Waals surface area contributed by atoms with E-state index in [9.17, 15) is 0 Å². The van der Waals surface area contributed by atoms with Crippen LogP contribution in [-0.2, 0) is 0 Å². The van der Waals surface area contributed by atoms with Crippen LogP contribution in [-0.4, -0.2) is 32.3 Å². The molecule has 2 aromatic rings. The number of rotatable bonds is 4. The maximum atomic E-state index is 5.93. The van der Waals surface area contributed by atoms with Crippen molar-refractivity contribution in [3.05, 3.63) is 48.5 Å². The average molecular weight is 313 g/mol. The standard InChI is InChI=1S/C17H19N3O3/c1-21-14-7-3-2-6-13(14)20-17(18)19-10-12-11-22-15-8-4-5-9-16(15)23-12/h2-9,12H,10-11H2,1H3,(H3,18,19,20). The number of para-hydroxylation sites is 4. The Hall–Kier alpha value is -2.89. The number of anilines is 1. The lowest BCUT2D eigenvalue weighted by Crippen LogP contribution is -2.33. The summed E-state index contributed by atoms with van der Waals surface area (Å²) in [5, 5.41) is 3.03. The van der Waals surface area contributed by atoms with Gasteiger partial charge in [0.25, 0.3) is 0 Å². The lowest BCUT2D eigenvalue weighted by atomic mass is 10.2. The summed E-state index contributed by atoms with van der Waals surface area (Å²) in [6.45, 7) is 0.852. The lowest BCUT2D eigenvalue weighted by Gasteiger charge is -2.25. The van der Waals surface area contributed by atoms with Crippen molar-refractivity contribution in [2.75, 3.05) is 25.6 Å². The van der Waals surface area contributed by atoms with Crippen LogP contribution in [0.15, 0.2) is 53.5 Å². The summed E-state index contributed by atoms with van der Waals surface area (Å²) in [5.74, 6) is 2.50. The van der Waals surface area contributed by atoms with Gasteiger partial charge in [-0.1, -0.05) is 24.3 Å². The maximum absolute atomic E-state index is 5.93. The van der Waals surface area contributed by atoms with Crippen LogP contribution in [0, 0.1) is 0 Å². The highest BCUT2D eigenvalue weighted by atomic mass is 16.6. The second-order valence-electron chi connectivity index (χ2n) is 5.05. The van der Waals surface area contributed by atoms with E-state index in [0.29, 0.717) is 24.9 Å². The van der Waals surface area contributed by atoms with Crippen LogP contribution in [0.2, 0.25) is 0 Å². The molecule has 0 spiro atoms. The summed E-state index contributed by atoms with van der Waals surface area (Å²) in [6, 6.07) is 15.1. The Labute approximate surface area is 134 Å². The van der Waals surface area contributed by atoms with Gasteiger partial charge in [-0.2, -0.15) is 0 Å². The van der Waals surface area contributed by atoms with Crippen LogP contribution >= 0.6 is 0 Å². The van der Waals surface area contributed by atoms with E-state index in [1.54, 1.807) is 7.11 Å². The minimum absolute atomic E-state index is 0.164. The fraction of sp³-hybridized carbons (Fsp3) is 0.235. The smallest absolute Gasteiger partial charge is 0.193 e. The Kier molecular flexibility index (Phi) is 4.52. The first kappa shape index (κ1) is 15.0. The molecule has 0 radical (unpaired) electrons. The SMILES string of the molecule is COc1ccccc1NC(N)=NCC1COc2ccccc2O1. The molecule has 0 saturated heterocycles. The summed E-state index contributed by atoms with van der Waals surface area (Å²) >= 11 is 0. The highest BCUT2D eigenvalue weighted by Gasteiger charge is 2.20. The molecular weight excluding hydrogens is 294 g/mol. The van der Waals surface area contributed by atoms with Crippen LogP contribution in [0.4, 0.5) is 5.69 Å². The Balaban J connectivity index is 1.60. The quantitative estimate of drug-likeness (QED) is 0.669. The molecule has 6 heteroatoms. The van der Waals surface area contributed by atoms with E-state index in [1.807, 2.05) is 48.5 Å². The Bertz CT molecular complexity index is 703. The van der Waals surface area contributed by atoms with Crippen molar-refractivity contribution in [3.63, 3.8) is 0 Å². The Morgan fingerprint density at radius 1 is 1.22 bits per heavy atom. The zero-order chi connectivity index (χ0) is 16.1. The number of nitrogens with two attached hydrogens (primary N) is 1. The molecule has 0 saturated carbocycles. The molecule has 0 aliphatic carbocycles. The molecule has 3 N–H and O–H groups in total. The number of guanidine groups is 1. The zero-order valence-electron chi connectivity index (χ0n) is 12.9. The fourth-order valence-electron chi connectivity index (χ4n) is 2.28. The van der Waals surface area contributed by atoms with E-state index in [4.69, 9.17) is 19.9 Å². The van der Waals surface area contributed by atoms with Crippen molar-refractivity contribution in [1.82, 2.24) is 0 Å². The summed E-state index contributed by atoms with van der Waals surface area (Å²) in [4.78, 5) is 4.31. The third kappa shape index (κ3) is 3.66. The number of aliphatic imine (C=N–C) groups is 1. The molecule has 0 fully saturated rings. The molecule has 0 amide bonds. The first-order chi connectivity index (χ1) is 11.3. The fourth-order valence-corrected chi connectivity index (χ4v) is 2.28. The van der Waals surface area contributed by atoms with Crippen molar-refractivity contribution >= 4 is 11.6 Å². The maximum Gasteiger partial charge on any atom is 0.193 e. The van der Waals surface area contributed by atoms with Gasteiger partial charge in [-0.05, 0) is 24.3 Å². The van der Waals surface area contributed by atoms with E-state index in [2.05, 4.69) is 10.3 Å². The highest BCUT2D eigenvalue weighted by molar-refractivity contribution is 5.93. The lowest BCUT2D eigenvalue weighted by molar-refractivity contribution is 0.0972. The van der Waals surface area contributed by atoms with Gasteiger partial charge in [0.05, 0.1) is 19.3 Å². The third-order valence-corrected chi connectivity index (χ3v) is 3.40. The number of methoxy groups -OCH3 is 1. The summed E-state index contributed by atoms with van der Waals surface area (Å²) in [6.07, 6.45) is -0.164. The van der Waals surface area contributed by atoms with E-state index in [0.717, 1.165) is 17.2 Å². The molecule has 1 aliphatic rings. The molecule has 3 rings (SSSR count). The van der Waals surface area contributed by atoms with Gasteiger partial charge >= 0.3 is 0 Å². The molecule has 1 atom stereocenters. The molecule has 120 valence electrons. The van der Waals surface area contributed by atoms with Gasteiger partial charge in [0, 0.05) is 0 Å². The van der Waals surface area contributed by atoms with Gasteiger partial charge < -0.3 is 25.3 Å². The van der Waals surface area contributed by atoms with E-state index >= 15 is 0 Å². The van der Waals surface area contributed by atoms with Gasteiger partial charge in [0.1, 0.15) is 12.4 Å². The van der Waals surface area contributed by atoms with E-state index in [-0.39, 0.29) is 6.10 Å². The second kappa shape index (κ2) is 6.91. The van der Waals surface area contributed by atoms with E-state index in [1.165, 1.54) is 0 Å². The van der Waals surface area contributed by atoms with Crippen LogP contribution in [0.3, 0.4) is 0 Å². The molecule has 0 bridgehead atoms. The molecule has 1 heterocycles. The Morgan fingerprint density at radius 3 is 2.78 bits per heavy atom. The number of fused-ring (bicyclic) bond motifs is 1. The van der Waals surface area contributed by atoms with Gasteiger partial charge in [-0.15, -0.1) is 0 Å². The van der Waals surface area contributed by atoms with Gasteiger partial charge in [-0.3, -0.25) is 0 Å². The van der Waals surface area contributed by atoms with Crippen LogP contribution < -0.4 is 25.3 Å². The summed E-state index contributed by atoms with van der Waals surface area (Å²) < 4.78 is 16.7. The third-order valence-electron chi connectivity index (χ3n) is 3.40. The molecule has 6 nitrogen and oxygen atoms in total. The minimum Gasteiger partial charge on any atom is -0.495 e. The molecular formula is C17H19N3O3. The van der Waals surface area contributed by atoms with Crippen LogP contribution in [0.1, 0.15) is 0 Å². The van der Waals surface area contributed by atoms with Gasteiger partial charge in [0.2, 0.25) is 0 Å². The minimum atomic E-state index is -0.164. The number of nitrogens with one attached hydrogen (secondary N) is 1. The molecule has 23 heavy (non-hydrogen) atoms. The van der Waals surface area contributed by atoms with Gasteiger partial charge in [0.15, 0.2) is 23.6 Å². The summed E-state index contributed by atoms with van der Waals surface area (Å²) in [7, 11) is 1.61. The summed E-state index contributed by atoms with van der Waals surface area (Å²) in [5.41, 5.74) is 6.69. The van der Waals surface area contributed by atoms with Crippen molar-refractivity contribution in [3.8, 4) is 17.2 Å². The predicted molar refractivity (Wildman–Crippen MR) is 89.5 cm³/mol. The molecule has 2 aromatic carbocycles. The zero-order valence-corrected chi connectivity index (χ0v) is 12.9. The molecule has 0 aromatic heterocycles. The van der Waals surface area contributed by atoms with Crippen LogP contribution in [0.25, 0.3) is 0 Å². The van der Waals surface area contributed by atoms with E-state index < -0.39 is 0 Å². The average Bonchev–Trinajstić information content (AvgIpc) is 2.60. The largest absolute Gasteiger partial charge is 0.495 e. The van der Waals surface area contributed by atoms with Crippen molar-refractivity contribution in [2.45, 2.75) is 6.10 Å². The number of nitrogens with zero attached hydrogens (tertiary/aromatic N) is 1. The molecule has 1 aliphatic heterocycles. The highest BCUT2D eigenvalue weighted by Crippen LogP contribution is 2.30. The van der Waals surface area contributed by atoms with Crippen molar-refractivity contribution in [1.29, 1.82) is 0 Å². The number of benzene rings is 2. The predicted octanol–water partition coefficient (Wildman–Crippen LogP) is 2.26. The Morgan fingerprint density at radius 2 is 1.96 bits per heavy atom. The number of hydrogen-bond acceptors (Lipinski definition) is 4. The van der Waals surface area contributed by atoms with Crippen molar-refractivity contribution < 1.29 is 14.2 Å². The first-order valence-electron chi connectivity index (χ1n) is 7.34. The normalized spacial score (nSPS) is 16.7. The van der Waals surface area contributed by atoms with Gasteiger partial charge in [-0.25, -0.2) is 4.99 Å². The van der Waals surface area contributed by atoms with Crippen LogP contribution in [0.5, 0.6) is 17.2 Å². The number of ether oxygens (including phenoxy) is 3. The second-order valence-corrected chi connectivity index (χ2v) is 5.05. The molecule has 1 unspecified atom stereocenters. The van der Waals surface area contributed by atoms with Crippen molar-refractivity contribution in [2.24, 2.45) is 10.7 Å². The number of hydrogen-bond donors (Lipinski definition) is 2. The topological polar surface area (TPSA) is 78.1 Å². The monoisotopic (exact) mass is 313 g/mol. The first-order valence-corrected chi connectivity index (χ1v) is 7.34.